The van der Waals surface area contributed by atoms with Crippen molar-refractivity contribution >= 4 is 23.3 Å². The van der Waals surface area contributed by atoms with Crippen molar-refractivity contribution in [3.05, 3.63) is 29.3 Å². The number of rotatable bonds is 5. The van der Waals surface area contributed by atoms with Gasteiger partial charge in [0.05, 0.1) is 5.92 Å². The van der Waals surface area contributed by atoms with Crippen LogP contribution in [0.1, 0.15) is 63.0 Å². The van der Waals surface area contributed by atoms with Crippen LogP contribution in [0.2, 0.25) is 0 Å². The van der Waals surface area contributed by atoms with Crippen LogP contribution in [0.5, 0.6) is 0 Å². The monoisotopic (exact) mass is 371 g/mol. The molecule has 0 heterocycles. The lowest BCUT2D eigenvalue weighted by atomic mass is 9.67. The molecule has 0 spiro atoms. The van der Waals surface area contributed by atoms with E-state index in [-0.39, 0.29) is 42.2 Å². The Balaban J connectivity index is 1.56. The summed E-state index contributed by atoms with van der Waals surface area (Å²) in [5, 5.41) is 2.90. The molecule has 146 valence electrons. The number of nitrogens with one attached hydrogen (secondary N) is 1. The van der Waals surface area contributed by atoms with Gasteiger partial charge in [0.2, 0.25) is 0 Å². The van der Waals surface area contributed by atoms with Gasteiger partial charge in [0.15, 0.2) is 6.61 Å². The van der Waals surface area contributed by atoms with Crippen molar-refractivity contribution in [1.29, 1.82) is 0 Å². The van der Waals surface area contributed by atoms with E-state index >= 15 is 0 Å². The van der Waals surface area contributed by atoms with Crippen LogP contribution in [0.15, 0.2) is 18.2 Å². The second kappa shape index (κ2) is 8.24. The SMILES string of the molecule is Cc1cccc(C(C)C)c1NC(=O)COC(=O)C1C[C@H]2CCC[C@H](C1)C2=O. The normalized spacial score (nSPS) is 24.6. The zero-order valence-corrected chi connectivity index (χ0v) is 16.4. The van der Waals surface area contributed by atoms with Crippen molar-refractivity contribution in [2.45, 2.75) is 58.8 Å². The highest BCUT2D eigenvalue weighted by Gasteiger charge is 2.41. The molecule has 0 saturated heterocycles. The van der Waals surface area contributed by atoms with Crippen LogP contribution in [0.25, 0.3) is 0 Å². The number of para-hydroxylation sites is 1. The zero-order valence-electron chi connectivity index (χ0n) is 16.4. The third kappa shape index (κ3) is 4.40. The highest BCUT2D eigenvalue weighted by Crippen LogP contribution is 2.40. The molecule has 1 aromatic rings. The number of carbonyl (C=O) groups excluding carboxylic acids is 3. The summed E-state index contributed by atoms with van der Waals surface area (Å²) in [6, 6.07) is 5.92. The van der Waals surface area contributed by atoms with E-state index in [0.29, 0.717) is 18.6 Å². The summed E-state index contributed by atoms with van der Waals surface area (Å²) in [7, 11) is 0. The minimum Gasteiger partial charge on any atom is -0.455 e. The molecular weight excluding hydrogens is 342 g/mol. The number of esters is 1. The number of anilines is 1. The van der Waals surface area contributed by atoms with Gasteiger partial charge in [-0.15, -0.1) is 0 Å². The zero-order chi connectivity index (χ0) is 19.6. The second-order valence-electron chi connectivity index (χ2n) is 8.25. The van der Waals surface area contributed by atoms with Crippen LogP contribution >= 0.6 is 0 Å². The van der Waals surface area contributed by atoms with E-state index in [2.05, 4.69) is 19.2 Å². The number of aryl methyl sites for hydroxylation is 1. The Bertz CT molecular complexity index is 724. The number of ketones is 1. The molecule has 2 aliphatic carbocycles. The van der Waals surface area contributed by atoms with Gasteiger partial charge in [-0.3, -0.25) is 14.4 Å². The van der Waals surface area contributed by atoms with Crippen LogP contribution < -0.4 is 5.32 Å². The van der Waals surface area contributed by atoms with Crippen molar-refractivity contribution < 1.29 is 19.1 Å². The molecule has 5 nitrogen and oxygen atoms in total. The van der Waals surface area contributed by atoms with Crippen molar-refractivity contribution in [3.63, 3.8) is 0 Å². The van der Waals surface area contributed by atoms with E-state index < -0.39 is 0 Å². The van der Waals surface area contributed by atoms with Gasteiger partial charge in [0.25, 0.3) is 5.91 Å². The third-order valence-electron chi connectivity index (χ3n) is 5.92. The van der Waals surface area contributed by atoms with Gasteiger partial charge in [0.1, 0.15) is 5.78 Å². The molecule has 2 atom stereocenters. The Morgan fingerprint density at radius 1 is 1.19 bits per heavy atom. The fraction of sp³-hybridized carbons (Fsp3) is 0.591. The van der Waals surface area contributed by atoms with E-state index in [4.69, 9.17) is 4.74 Å². The summed E-state index contributed by atoms with van der Waals surface area (Å²) in [4.78, 5) is 36.9. The summed E-state index contributed by atoms with van der Waals surface area (Å²) in [5.74, 6) is -0.315. The van der Waals surface area contributed by atoms with E-state index in [1.165, 1.54) is 0 Å². The molecule has 3 rings (SSSR count). The van der Waals surface area contributed by atoms with Gasteiger partial charge in [-0.05, 0) is 49.7 Å². The highest BCUT2D eigenvalue weighted by atomic mass is 16.5. The number of benzene rings is 1. The van der Waals surface area contributed by atoms with Gasteiger partial charge < -0.3 is 10.1 Å². The fourth-order valence-corrected chi connectivity index (χ4v) is 4.44. The quantitative estimate of drug-likeness (QED) is 0.794. The van der Waals surface area contributed by atoms with Crippen molar-refractivity contribution in [1.82, 2.24) is 0 Å². The molecule has 1 amide bonds. The number of ether oxygens (including phenoxy) is 1. The number of hydrogen-bond donors (Lipinski definition) is 1. The Labute approximate surface area is 160 Å². The Hall–Kier alpha value is -2.17. The third-order valence-corrected chi connectivity index (χ3v) is 5.92. The summed E-state index contributed by atoms with van der Waals surface area (Å²) in [6.45, 7) is 5.81. The standard InChI is InChI=1S/C22H29NO4/c1-13(2)18-9-4-6-14(3)20(18)23-19(24)12-27-22(26)17-10-15-7-5-8-16(11-17)21(15)25/h4,6,9,13,15-17H,5,7-8,10-12H2,1-3H3,(H,23,24)/t15-,16-/m1/s1. The summed E-state index contributed by atoms with van der Waals surface area (Å²) < 4.78 is 5.29. The summed E-state index contributed by atoms with van der Waals surface area (Å²) in [5.41, 5.74) is 2.85. The second-order valence-corrected chi connectivity index (χ2v) is 8.25. The van der Waals surface area contributed by atoms with E-state index in [0.717, 1.165) is 36.1 Å². The van der Waals surface area contributed by atoms with Crippen molar-refractivity contribution in [3.8, 4) is 0 Å². The predicted octanol–water partition coefficient (Wildman–Crippen LogP) is 4.00. The van der Waals surface area contributed by atoms with Gasteiger partial charge >= 0.3 is 5.97 Å². The van der Waals surface area contributed by atoms with Gasteiger partial charge in [-0.25, -0.2) is 0 Å². The van der Waals surface area contributed by atoms with Crippen LogP contribution in [-0.4, -0.2) is 24.3 Å². The average Bonchev–Trinajstić information content (AvgIpc) is 2.61. The first-order chi connectivity index (χ1) is 12.9. The summed E-state index contributed by atoms with van der Waals surface area (Å²) in [6.07, 6.45) is 3.98. The van der Waals surface area contributed by atoms with Crippen LogP contribution in [0, 0.1) is 24.7 Å². The van der Waals surface area contributed by atoms with Crippen molar-refractivity contribution in [2.24, 2.45) is 17.8 Å². The molecule has 0 unspecified atom stereocenters. The lowest BCUT2D eigenvalue weighted by molar-refractivity contribution is -0.155. The maximum absolute atomic E-state index is 12.4. The Kier molecular flexibility index (Phi) is 5.98. The number of amides is 1. The number of hydrogen-bond acceptors (Lipinski definition) is 4. The van der Waals surface area contributed by atoms with E-state index in [9.17, 15) is 14.4 Å². The molecule has 0 aliphatic heterocycles. The first-order valence-electron chi connectivity index (χ1n) is 9.96. The van der Waals surface area contributed by atoms with Crippen molar-refractivity contribution in [2.75, 3.05) is 11.9 Å². The molecule has 2 fully saturated rings. The topological polar surface area (TPSA) is 72.5 Å². The number of Topliss-reactive ketones (excluding diaryl/α,β-unsaturated/α-hetero) is 1. The smallest absolute Gasteiger partial charge is 0.309 e. The number of carbonyl (C=O) groups is 3. The largest absolute Gasteiger partial charge is 0.455 e. The average molecular weight is 371 g/mol. The fourth-order valence-electron chi connectivity index (χ4n) is 4.44. The molecule has 1 N–H and O–H groups in total. The van der Waals surface area contributed by atoms with Gasteiger partial charge in [-0.2, -0.15) is 0 Å². The molecule has 2 aliphatic rings. The Morgan fingerprint density at radius 2 is 1.85 bits per heavy atom. The maximum atomic E-state index is 12.4. The predicted molar refractivity (Wildman–Crippen MR) is 103 cm³/mol. The molecule has 1 aromatic carbocycles. The first-order valence-corrected chi connectivity index (χ1v) is 9.96. The maximum Gasteiger partial charge on any atom is 0.309 e. The van der Waals surface area contributed by atoms with Crippen LogP contribution in [0.3, 0.4) is 0 Å². The molecular formula is C22H29NO4. The Morgan fingerprint density at radius 3 is 2.48 bits per heavy atom. The van der Waals surface area contributed by atoms with E-state index in [1.807, 2.05) is 25.1 Å². The minimum absolute atomic E-state index is 0.00412. The van der Waals surface area contributed by atoms with Crippen LogP contribution in [0.4, 0.5) is 5.69 Å². The van der Waals surface area contributed by atoms with Gasteiger partial charge in [-0.1, -0.05) is 38.5 Å². The minimum atomic E-state index is -0.344. The molecule has 0 radical (unpaired) electrons. The summed E-state index contributed by atoms with van der Waals surface area (Å²) >= 11 is 0. The molecule has 5 heteroatoms. The molecule has 27 heavy (non-hydrogen) atoms. The van der Waals surface area contributed by atoms with Crippen LogP contribution in [-0.2, 0) is 19.1 Å². The lowest BCUT2D eigenvalue weighted by Gasteiger charge is -2.36. The first kappa shape index (κ1) is 19.6. The molecule has 2 saturated carbocycles. The molecule has 0 aromatic heterocycles. The number of fused-ring (bicyclic) bond motifs is 2. The lowest BCUT2D eigenvalue weighted by Crippen LogP contribution is -2.40. The highest BCUT2D eigenvalue weighted by molar-refractivity contribution is 5.94. The van der Waals surface area contributed by atoms with Gasteiger partial charge in [0, 0.05) is 17.5 Å². The molecule has 2 bridgehead atoms. The van der Waals surface area contributed by atoms with E-state index in [1.54, 1.807) is 0 Å².